The predicted molar refractivity (Wildman–Crippen MR) is 65.0 cm³/mol. The van der Waals surface area contributed by atoms with Crippen LogP contribution in [0.3, 0.4) is 0 Å². The Morgan fingerprint density at radius 3 is 2.47 bits per heavy atom. The van der Waals surface area contributed by atoms with Crippen molar-refractivity contribution in [1.82, 2.24) is 5.32 Å². The zero-order valence-electron chi connectivity index (χ0n) is 9.16. The minimum Gasteiger partial charge on any atom is -0.321 e. The molecule has 0 aliphatic rings. The average Bonchev–Trinajstić information content (AvgIpc) is 2.19. The van der Waals surface area contributed by atoms with E-state index in [0.717, 1.165) is 12.8 Å². The summed E-state index contributed by atoms with van der Waals surface area (Å²) in [6.07, 6.45) is 3.94. The fourth-order valence-electron chi connectivity index (χ4n) is 1.59. The normalized spacial score (nSPS) is 11.0. The van der Waals surface area contributed by atoms with Crippen molar-refractivity contribution in [3.05, 3.63) is 35.4 Å². The van der Waals surface area contributed by atoms with Crippen molar-refractivity contribution in [2.45, 2.75) is 32.7 Å². The summed E-state index contributed by atoms with van der Waals surface area (Å²) in [5, 5.41) is 11.2. The molecule has 1 aromatic rings. The number of nitrogens with zero attached hydrogens (tertiary/aromatic N) is 1. The third kappa shape index (κ3) is 4.22. The van der Waals surface area contributed by atoms with Gasteiger partial charge in [0, 0.05) is 6.04 Å². The summed E-state index contributed by atoms with van der Waals surface area (Å²) < 4.78 is 0. The van der Waals surface area contributed by atoms with E-state index < -0.39 is 0 Å². The molecule has 0 bridgehead atoms. The second kappa shape index (κ2) is 7.14. The van der Waals surface area contributed by atoms with E-state index in [4.69, 9.17) is 5.26 Å². The van der Waals surface area contributed by atoms with Gasteiger partial charge in [-0.25, -0.2) is 0 Å². The summed E-state index contributed by atoms with van der Waals surface area (Å²) in [4.78, 5) is 0. The zero-order chi connectivity index (χ0) is 10.4. The minimum absolute atomic E-state index is 0. The molecule has 0 radical (unpaired) electrons. The Bertz CT molecular complexity index is 331. The maximum Gasteiger partial charge on any atom is 0.176 e. The van der Waals surface area contributed by atoms with Crippen molar-refractivity contribution < 1.29 is 0 Å². The van der Waals surface area contributed by atoms with Crippen LogP contribution in [0, 0.1) is 11.5 Å². The summed E-state index contributed by atoms with van der Waals surface area (Å²) in [5.41, 5.74) is 2.71. The van der Waals surface area contributed by atoms with E-state index >= 15 is 0 Å². The molecule has 1 rings (SSSR count). The zero-order valence-corrected chi connectivity index (χ0v) is 9.97. The molecule has 0 aliphatic heterocycles. The van der Waals surface area contributed by atoms with Crippen LogP contribution in [0.15, 0.2) is 24.3 Å². The number of hydrogen-bond donors (Lipinski definition) is 1. The highest BCUT2D eigenvalue weighted by atomic mass is 35.5. The van der Waals surface area contributed by atoms with Crippen LogP contribution >= 0.6 is 12.4 Å². The van der Waals surface area contributed by atoms with Gasteiger partial charge >= 0.3 is 0 Å². The Hall–Kier alpha value is -1.20. The van der Waals surface area contributed by atoms with E-state index in [-0.39, 0.29) is 18.4 Å². The van der Waals surface area contributed by atoms with E-state index in [0.29, 0.717) is 0 Å². The van der Waals surface area contributed by atoms with E-state index in [9.17, 15) is 0 Å². The lowest BCUT2D eigenvalue weighted by atomic mass is 9.99. The number of nitriles is 1. The van der Waals surface area contributed by atoms with Gasteiger partial charge in [0.25, 0.3) is 0 Å². The fraction of sp³-hybridized carbons (Fsp3) is 0.417. The fourth-order valence-corrected chi connectivity index (χ4v) is 1.59. The maximum absolute atomic E-state index is 8.48. The molecule has 0 aliphatic carbocycles. The molecule has 0 saturated heterocycles. The maximum atomic E-state index is 8.48. The van der Waals surface area contributed by atoms with E-state index in [1.54, 1.807) is 0 Å². The van der Waals surface area contributed by atoms with Gasteiger partial charge in [-0.3, -0.25) is 0 Å². The van der Waals surface area contributed by atoms with Crippen LogP contribution in [0.4, 0.5) is 0 Å². The largest absolute Gasteiger partial charge is 0.321 e. The van der Waals surface area contributed by atoms with Gasteiger partial charge in [-0.2, -0.15) is 5.26 Å². The number of benzene rings is 1. The molecule has 1 aromatic carbocycles. The first kappa shape index (κ1) is 13.8. The molecule has 0 spiro atoms. The smallest absolute Gasteiger partial charge is 0.176 e. The molecule has 0 aromatic heterocycles. The Balaban J connectivity index is 0.00000196. The van der Waals surface area contributed by atoms with Gasteiger partial charge < -0.3 is 5.32 Å². The van der Waals surface area contributed by atoms with Gasteiger partial charge in [-0.1, -0.05) is 31.2 Å². The molecule has 0 heterocycles. The average molecular weight is 225 g/mol. The quantitative estimate of drug-likeness (QED) is 0.631. The molecule has 1 atom stereocenters. The van der Waals surface area contributed by atoms with Gasteiger partial charge in [0.2, 0.25) is 0 Å². The van der Waals surface area contributed by atoms with Crippen LogP contribution in [0.25, 0.3) is 0 Å². The first-order valence-corrected chi connectivity index (χ1v) is 4.99. The van der Waals surface area contributed by atoms with Gasteiger partial charge in [0.15, 0.2) is 6.19 Å². The van der Waals surface area contributed by atoms with E-state index in [2.05, 4.69) is 30.4 Å². The van der Waals surface area contributed by atoms with Gasteiger partial charge in [-0.15, -0.1) is 12.4 Å². The van der Waals surface area contributed by atoms with E-state index in [1.165, 1.54) is 11.1 Å². The number of hydrogen-bond acceptors (Lipinski definition) is 2. The first-order valence-electron chi connectivity index (χ1n) is 4.99. The molecular formula is C12H17ClN2. The highest BCUT2D eigenvalue weighted by molar-refractivity contribution is 5.85. The highest BCUT2D eigenvalue weighted by Gasteiger charge is 2.04. The van der Waals surface area contributed by atoms with Crippen LogP contribution in [-0.4, -0.2) is 6.04 Å². The van der Waals surface area contributed by atoms with Crippen molar-refractivity contribution in [2.24, 2.45) is 0 Å². The minimum atomic E-state index is 0. The van der Waals surface area contributed by atoms with Gasteiger partial charge in [-0.05, 0) is 30.9 Å². The summed E-state index contributed by atoms with van der Waals surface area (Å²) >= 11 is 0. The Labute approximate surface area is 97.7 Å². The Morgan fingerprint density at radius 1 is 1.33 bits per heavy atom. The number of nitrogens with one attached hydrogen (secondary N) is 1. The van der Waals surface area contributed by atoms with Crippen molar-refractivity contribution in [1.29, 1.82) is 5.26 Å². The summed E-state index contributed by atoms with van der Waals surface area (Å²) in [5.74, 6) is 0. The van der Waals surface area contributed by atoms with Crippen molar-refractivity contribution in [3.63, 3.8) is 0 Å². The topological polar surface area (TPSA) is 35.8 Å². The number of halogens is 1. The van der Waals surface area contributed by atoms with Crippen LogP contribution in [-0.2, 0) is 12.8 Å². The lowest BCUT2D eigenvalue weighted by Gasteiger charge is -2.12. The molecule has 82 valence electrons. The summed E-state index contributed by atoms with van der Waals surface area (Å²) in [6, 6.07) is 8.61. The second-order valence-electron chi connectivity index (χ2n) is 3.48. The molecule has 2 nitrogen and oxygen atoms in total. The third-order valence-electron chi connectivity index (χ3n) is 2.34. The molecule has 0 amide bonds. The van der Waals surface area contributed by atoms with Gasteiger partial charge in [0.1, 0.15) is 0 Å². The summed E-state index contributed by atoms with van der Waals surface area (Å²) in [6.45, 7) is 4.18. The SMILES string of the molecule is CCc1ccccc1CC(C)NC#N.Cl. The summed E-state index contributed by atoms with van der Waals surface area (Å²) in [7, 11) is 0. The molecular weight excluding hydrogens is 208 g/mol. The Kier molecular flexibility index (Phi) is 6.57. The monoisotopic (exact) mass is 224 g/mol. The number of aryl methyl sites for hydroxylation is 1. The Morgan fingerprint density at radius 2 is 1.93 bits per heavy atom. The standard InChI is InChI=1S/C12H16N2.ClH/c1-3-11-6-4-5-7-12(11)8-10(2)14-9-13;/h4-7,10,14H,3,8H2,1-2H3;1H. The van der Waals surface area contributed by atoms with Crippen LogP contribution < -0.4 is 5.32 Å². The third-order valence-corrected chi connectivity index (χ3v) is 2.34. The number of rotatable bonds is 4. The van der Waals surface area contributed by atoms with Crippen molar-refractivity contribution in [3.8, 4) is 6.19 Å². The lowest BCUT2D eigenvalue weighted by molar-refractivity contribution is 0.641. The predicted octanol–water partition coefficient (Wildman–Crippen LogP) is 2.67. The highest BCUT2D eigenvalue weighted by Crippen LogP contribution is 2.11. The van der Waals surface area contributed by atoms with Gasteiger partial charge in [0.05, 0.1) is 0 Å². The molecule has 0 fully saturated rings. The van der Waals surface area contributed by atoms with Crippen LogP contribution in [0.1, 0.15) is 25.0 Å². The van der Waals surface area contributed by atoms with Crippen LogP contribution in [0.5, 0.6) is 0 Å². The molecule has 3 heteroatoms. The second-order valence-corrected chi connectivity index (χ2v) is 3.48. The first-order chi connectivity index (χ1) is 6.77. The van der Waals surface area contributed by atoms with Crippen LogP contribution in [0.2, 0.25) is 0 Å². The molecule has 1 N–H and O–H groups in total. The molecule has 15 heavy (non-hydrogen) atoms. The van der Waals surface area contributed by atoms with E-state index in [1.807, 2.05) is 19.2 Å². The lowest BCUT2D eigenvalue weighted by Crippen LogP contribution is -2.23. The van der Waals surface area contributed by atoms with Crippen molar-refractivity contribution in [2.75, 3.05) is 0 Å². The molecule has 0 saturated carbocycles. The molecule has 1 unspecified atom stereocenters. The van der Waals surface area contributed by atoms with Crippen molar-refractivity contribution >= 4 is 12.4 Å².